The molecule has 2 aromatic carbocycles. The summed E-state index contributed by atoms with van der Waals surface area (Å²) in [6.07, 6.45) is 4.94. The molecule has 7 nitrogen and oxygen atoms in total. The summed E-state index contributed by atoms with van der Waals surface area (Å²) in [5.41, 5.74) is 4.81. The zero-order valence-corrected chi connectivity index (χ0v) is 19.6. The molecule has 7 heteroatoms. The van der Waals surface area contributed by atoms with E-state index in [4.69, 9.17) is 9.84 Å². The molecule has 0 spiro atoms. The Hall–Kier alpha value is -3.35. The smallest absolute Gasteiger partial charge is 0.407 e. The molecule has 1 aliphatic rings. The number of fused-ring (bicyclic) bond motifs is 3. The Kier molecular flexibility index (Phi) is 9.95. The molecule has 0 heterocycles. The van der Waals surface area contributed by atoms with E-state index in [2.05, 4.69) is 34.9 Å². The molecule has 0 unspecified atom stereocenters. The third-order valence-corrected chi connectivity index (χ3v) is 6.08. The first-order valence-corrected chi connectivity index (χ1v) is 12.1. The first-order valence-electron chi connectivity index (χ1n) is 12.1. The number of carbonyl (C=O) groups is 3. The van der Waals surface area contributed by atoms with Gasteiger partial charge in [-0.2, -0.15) is 0 Å². The molecular formula is C27H34N2O5. The number of unbranched alkanes of at least 4 members (excludes halogenated alkanes) is 4. The molecule has 0 atom stereocenters. The van der Waals surface area contributed by atoms with Crippen LogP contribution in [0.15, 0.2) is 48.5 Å². The normalized spacial score (nSPS) is 12.0. The van der Waals surface area contributed by atoms with Crippen molar-refractivity contribution in [2.24, 2.45) is 0 Å². The van der Waals surface area contributed by atoms with Crippen molar-refractivity contribution in [3.8, 4) is 11.1 Å². The van der Waals surface area contributed by atoms with E-state index >= 15 is 0 Å². The summed E-state index contributed by atoms with van der Waals surface area (Å²) < 4.78 is 5.53. The van der Waals surface area contributed by atoms with Crippen LogP contribution in [0.5, 0.6) is 0 Å². The van der Waals surface area contributed by atoms with Crippen molar-refractivity contribution in [1.82, 2.24) is 10.6 Å². The second-order valence-corrected chi connectivity index (χ2v) is 8.62. The monoisotopic (exact) mass is 466 g/mol. The number of alkyl carbamates (subject to hydrolysis) is 1. The number of carboxylic acid groups (broad SMARTS) is 1. The maximum Gasteiger partial charge on any atom is 0.407 e. The lowest BCUT2D eigenvalue weighted by atomic mass is 9.98. The van der Waals surface area contributed by atoms with Crippen molar-refractivity contribution in [3.05, 3.63) is 59.7 Å². The fourth-order valence-electron chi connectivity index (χ4n) is 4.32. The minimum Gasteiger partial charge on any atom is -0.481 e. The first-order chi connectivity index (χ1) is 16.6. The van der Waals surface area contributed by atoms with Gasteiger partial charge in [0, 0.05) is 31.8 Å². The summed E-state index contributed by atoms with van der Waals surface area (Å²) in [6, 6.07) is 16.5. The number of carboxylic acids is 1. The molecule has 2 amide bonds. The Morgan fingerprint density at radius 3 is 1.97 bits per heavy atom. The van der Waals surface area contributed by atoms with E-state index in [0.717, 1.165) is 25.7 Å². The molecule has 2 aromatic rings. The highest BCUT2D eigenvalue weighted by Crippen LogP contribution is 2.44. The van der Waals surface area contributed by atoms with Crippen LogP contribution in [-0.4, -0.2) is 42.8 Å². The number of nitrogens with one attached hydrogen (secondary N) is 2. The number of hydrogen-bond donors (Lipinski definition) is 3. The summed E-state index contributed by atoms with van der Waals surface area (Å²) in [5, 5.41) is 14.2. The van der Waals surface area contributed by atoms with Gasteiger partial charge >= 0.3 is 12.1 Å². The number of amides is 2. The molecular weight excluding hydrogens is 432 g/mol. The SMILES string of the molecule is O=C(O)CCCCNC(=O)CCCCCCNC(=O)OCC1c2ccccc2-c2ccccc21. The number of aliphatic carboxylic acids is 1. The molecule has 0 aromatic heterocycles. The van der Waals surface area contributed by atoms with E-state index in [1.807, 2.05) is 24.3 Å². The topological polar surface area (TPSA) is 105 Å². The van der Waals surface area contributed by atoms with Crippen molar-refractivity contribution in [2.45, 2.75) is 57.3 Å². The molecule has 0 aliphatic heterocycles. The van der Waals surface area contributed by atoms with E-state index in [9.17, 15) is 14.4 Å². The summed E-state index contributed by atoms with van der Waals surface area (Å²) in [7, 11) is 0. The standard InChI is InChI=1S/C27H34N2O5/c30-25(28-17-10-8-16-26(31)32)15-3-1-2-9-18-29-27(33)34-19-24-22-13-6-4-11-20(22)21-12-5-7-14-23(21)24/h4-7,11-14,24H,1-3,8-10,15-19H2,(H,28,30)(H,29,33)(H,31,32). The van der Waals surface area contributed by atoms with Gasteiger partial charge in [-0.1, -0.05) is 61.4 Å². The third kappa shape index (κ3) is 7.61. The lowest BCUT2D eigenvalue weighted by Gasteiger charge is -2.14. The Balaban J connectivity index is 1.24. The highest BCUT2D eigenvalue weighted by molar-refractivity contribution is 5.79. The second kappa shape index (κ2) is 13.4. The molecule has 34 heavy (non-hydrogen) atoms. The molecule has 1 aliphatic carbocycles. The Morgan fingerprint density at radius 2 is 1.29 bits per heavy atom. The Morgan fingerprint density at radius 1 is 0.735 bits per heavy atom. The minimum absolute atomic E-state index is 0.00656. The molecule has 3 N–H and O–H groups in total. The molecule has 0 bridgehead atoms. The zero-order chi connectivity index (χ0) is 24.2. The fourth-order valence-corrected chi connectivity index (χ4v) is 4.32. The van der Waals surface area contributed by atoms with Crippen molar-refractivity contribution in [3.63, 3.8) is 0 Å². The molecule has 182 valence electrons. The maximum atomic E-state index is 12.2. The van der Waals surface area contributed by atoms with Gasteiger partial charge in [0.1, 0.15) is 6.61 Å². The Bertz CT molecular complexity index is 929. The van der Waals surface area contributed by atoms with E-state index in [1.165, 1.54) is 22.3 Å². The van der Waals surface area contributed by atoms with Crippen molar-refractivity contribution >= 4 is 18.0 Å². The van der Waals surface area contributed by atoms with E-state index in [1.54, 1.807) is 0 Å². The molecule has 3 rings (SSSR count). The molecule has 0 saturated heterocycles. The van der Waals surface area contributed by atoms with Gasteiger partial charge in [0.2, 0.25) is 5.91 Å². The van der Waals surface area contributed by atoms with Crippen LogP contribution in [-0.2, 0) is 14.3 Å². The first kappa shape index (κ1) is 25.3. The predicted octanol–water partition coefficient (Wildman–Crippen LogP) is 4.85. The van der Waals surface area contributed by atoms with E-state index in [-0.39, 0.29) is 18.2 Å². The lowest BCUT2D eigenvalue weighted by Crippen LogP contribution is -2.27. The third-order valence-electron chi connectivity index (χ3n) is 6.08. The van der Waals surface area contributed by atoms with E-state index < -0.39 is 12.1 Å². The van der Waals surface area contributed by atoms with Crippen LogP contribution in [0.1, 0.15) is 68.4 Å². The minimum atomic E-state index is -0.806. The largest absolute Gasteiger partial charge is 0.481 e. The van der Waals surface area contributed by atoms with Gasteiger partial charge in [-0.3, -0.25) is 9.59 Å². The number of ether oxygens (including phenoxy) is 1. The fraction of sp³-hybridized carbons (Fsp3) is 0.444. The average Bonchev–Trinajstić information content (AvgIpc) is 3.15. The summed E-state index contributed by atoms with van der Waals surface area (Å²) in [5.74, 6) is -0.743. The summed E-state index contributed by atoms with van der Waals surface area (Å²) in [4.78, 5) is 34.4. The van der Waals surface area contributed by atoms with Crippen LogP contribution in [0.25, 0.3) is 11.1 Å². The van der Waals surface area contributed by atoms with Gasteiger partial charge in [-0.05, 0) is 47.9 Å². The zero-order valence-electron chi connectivity index (χ0n) is 19.6. The second-order valence-electron chi connectivity index (χ2n) is 8.62. The maximum absolute atomic E-state index is 12.2. The molecule has 0 radical (unpaired) electrons. The Labute approximate surface area is 200 Å². The number of carbonyl (C=O) groups excluding carboxylic acids is 2. The van der Waals surface area contributed by atoms with Crippen LogP contribution < -0.4 is 10.6 Å². The quantitative estimate of drug-likeness (QED) is 0.345. The average molecular weight is 467 g/mol. The van der Waals surface area contributed by atoms with Crippen LogP contribution >= 0.6 is 0 Å². The van der Waals surface area contributed by atoms with Gasteiger partial charge in [0.25, 0.3) is 0 Å². The number of rotatable bonds is 14. The van der Waals surface area contributed by atoms with Crippen molar-refractivity contribution in [2.75, 3.05) is 19.7 Å². The van der Waals surface area contributed by atoms with Gasteiger partial charge in [-0.15, -0.1) is 0 Å². The lowest BCUT2D eigenvalue weighted by molar-refractivity contribution is -0.137. The van der Waals surface area contributed by atoms with Crippen LogP contribution in [0.3, 0.4) is 0 Å². The highest BCUT2D eigenvalue weighted by atomic mass is 16.5. The number of hydrogen-bond acceptors (Lipinski definition) is 4. The van der Waals surface area contributed by atoms with E-state index in [0.29, 0.717) is 39.0 Å². The summed E-state index contributed by atoms with van der Waals surface area (Å²) in [6.45, 7) is 1.38. The van der Waals surface area contributed by atoms with Crippen LogP contribution in [0, 0.1) is 0 Å². The number of benzene rings is 2. The molecule has 0 fully saturated rings. The van der Waals surface area contributed by atoms with Gasteiger partial charge in [-0.25, -0.2) is 4.79 Å². The van der Waals surface area contributed by atoms with Crippen LogP contribution in [0.2, 0.25) is 0 Å². The van der Waals surface area contributed by atoms with Gasteiger partial charge in [0.15, 0.2) is 0 Å². The van der Waals surface area contributed by atoms with Crippen molar-refractivity contribution in [1.29, 1.82) is 0 Å². The van der Waals surface area contributed by atoms with Gasteiger partial charge < -0.3 is 20.5 Å². The highest BCUT2D eigenvalue weighted by Gasteiger charge is 2.28. The van der Waals surface area contributed by atoms with Crippen LogP contribution in [0.4, 0.5) is 4.79 Å². The molecule has 0 saturated carbocycles. The van der Waals surface area contributed by atoms with Crippen molar-refractivity contribution < 1.29 is 24.2 Å². The van der Waals surface area contributed by atoms with Gasteiger partial charge in [0.05, 0.1) is 0 Å². The summed E-state index contributed by atoms with van der Waals surface area (Å²) >= 11 is 0. The predicted molar refractivity (Wildman–Crippen MR) is 131 cm³/mol.